The summed E-state index contributed by atoms with van der Waals surface area (Å²) in [7, 11) is -3.09. The molecule has 0 aliphatic rings. The quantitative estimate of drug-likeness (QED) is 0.607. The van der Waals surface area contributed by atoms with Crippen molar-refractivity contribution in [3.8, 4) is 0 Å². The zero-order valence-corrected chi connectivity index (χ0v) is 11.2. The summed E-state index contributed by atoms with van der Waals surface area (Å²) >= 11 is 0. The van der Waals surface area contributed by atoms with Crippen LogP contribution in [0.15, 0.2) is 4.90 Å². The summed E-state index contributed by atoms with van der Waals surface area (Å²) in [5.41, 5.74) is -0.580. The van der Waals surface area contributed by atoms with Crippen molar-refractivity contribution >= 4 is 22.0 Å². The second-order valence-electron chi connectivity index (χ2n) is 3.70. The fourth-order valence-corrected chi connectivity index (χ4v) is 2.92. The van der Waals surface area contributed by atoms with Crippen LogP contribution in [-0.2, 0) is 19.6 Å². The van der Waals surface area contributed by atoms with Crippen LogP contribution in [0.3, 0.4) is 0 Å². The predicted octanol–water partition coefficient (Wildman–Crippen LogP) is -0.744. The van der Waals surface area contributed by atoms with Gasteiger partial charge in [-0.1, -0.05) is 0 Å². The third kappa shape index (κ3) is 3.09. The minimum atomic E-state index is -4.20. The smallest absolute Gasteiger partial charge is 0.357 e. The Bertz CT molecular complexity index is 605. The van der Waals surface area contributed by atoms with Gasteiger partial charge in [-0.3, -0.25) is 9.89 Å². The van der Waals surface area contributed by atoms with Crippen LogP contribution in [-0.4, -0.2) is 48.8 Å². The number of aryl methyl sites for hydroxylation is 1. The van der Waals surface area contributed by atoms with Gasteiger partial charge in [0.05, 0.1) is 12.8 Å². The van der Waals surface area contributed by atoms with Crippen LogP contribution in [0.1, 0.15) is 23.1 Å². The van der Waals surface area contributed by atoms with Gasteiger partial charge < -0.3 is 9.84 Å². The molecule has 1 aromatic rings. The Morgan fingerprint density at radius 1 is 1.47 bits per heavy atom. The van der Waals surface area contributed by atoms with Gasteiger partial charge in [-0.15, -0.1) is 0 Å². The Hall–Kier alpha value is -1.94. The molecule has 0 aliphatic heterocycles. The van der Waals surface area contributed by atoms with Crippen molar-refractivity contribution < 1.29 is 27.9 Å². The number of carboxylic acids is 1. The Kier molecular flexibility index (Phi) is 4.27. The van der Waals surface area contributed by atoms with Crippen molar-refractivity contribution in [3.05, 3.63) is 11.4 Å². The highest BCUT2D eigenvalue weighted by molar-refractivity contribution is 7.89. The predicted molar refractivity (Wildman–Crippen MR) is 62.1 cm³/mol. The fraction of sp³-hybridized carbons (Fsp3) is 0.444. The number of hydrogen-bond donors (Lipinski definition) is 3. The first-order valence-corrected chi connectivity index (χ1v) is 6.57. The van der Waals surface area contributed by atoms with E-state index in [1.54, 1.807) is 0 Å². The molecule has 1 heterocycles. The molecule has 3 N–H and O–H groups in total. The third-order valence-corrected chi connectivity index (χ3v) is 3.95. The van der Waals surface area contributed by atoms with Crippen LogP contribution < -0.4 is 4.72 Å². The summed E-state index contributed by atoms with van der Waals surface area (Å²) in [6.45, 7) is 2.63. The summed E-state index contributed by atoms with van der Waals surface area (Å²) in [5.74, 6) is -2.28. The van der Waals surface area contributed by atoms with Crippen molar-refractivity contribution in [1.82, 2.24) is 14.9 Å². The molecule has 1 aromatic heterocycles. The highest BCUT2D eigenvalue weighted by Gasteiger charge is 2.31. The van der Waals surface area contributed by atoms with Crippen LogP contribution in [0.4, 0.5) is 0 Å². The van der Waals surface area contributed by atoms with E-state index in [4.69, 9.17) is 5.11 Å². The van der Waals surface area contributed by atoms with Crippen molar-refractivity contribution in [2.75, 3.05) is 7.11 Å². The van der Waals surface area contributed by atoms with Gasteiger partial charge in [0, 0.05) is 0 Å². The molecule has 0 amide bonds. The van der Waals surface area contributed by atoms with Crippen molar-refractivity contribution in [2.45, 2.75) is 24.8 Å². The van der Waals surface area contributed by atoms with E-state index >= 15 is 0 Å². The number of aromatic carboxylic acids is 1. The maximum Gasteiger partial charge on any atom is 0.357 e. The lowest BCUT2D eigenvalue weighted by Gasteiger charge is -2.12. The lowest BCUT2D eigenvalue weighted by Crippen LogP contribution is -2.39. The molecule has 0 saturated heterocycles. The number of aromatic nitrogens is 2. The molecule has 0 radical (unpaired) electrons. The maximum absolute atomic E-state index is 12.0. The topological polar surface area (TPSA) is 138 Å². The number of hydrogen-bond acceptors (Lipinski definition) is 6. The second kappa shape index (κ2) is 5.36. The molecule has 0 spiro atoms. The van der Waals surface area contributed by atoms with Gasteiger partial charge in [0.2, 0.25) is 10.0 Å². The Morgan fingerprint density at radius 2 is 2.05 bits per heavy atom. The van der Waals surface area contributed by atoms with E-state index in [9.17, 15) is 18.0 Å². The number of aromatic amines is 1. The normalized spacial score (nSPS) is 13.0. The average Bonchev–Trinajstić information content (AvgIpc) is 2.70. The maximum atomic E-state index is 12.0. The van der Waals surface area contributed by atoms with Gasteiger partial charge in [0.1, 0.15) is 10.9 Å². The minimum absolute atomic E-state index is 0.0574. The third-order valence-electron chi connectivity index (χ3n) is 2.25. The van der Waals surface area contributed by atoms with Crippen molar-refractivity contribution in [2.24, 2.45) is 0 Å². The Balaban J connectivity index is 3.18. The van der Waals surface area contributed by atoms with Gasteiger partial charge in [-0.2, -0.15) is 9.82 Å². The molecule has 0 aliphatic carbocycles. The number of sulfonamides is 1. The molecular weight excluding hydrogens is 278 g/mol. The molecule has 0 unspecified atom stereocenters. The molecule has 1 rings (SSSR count). The first-order chi connectivity index (χ1) is 8.70. The van der Waals surface area contributed by atoms with Crippen LogP contribution >= 0.6 is 0 Å². The number of carbonyl (C=O) groups is 2. The summed E-state index contributed by atoms with van der Waals surface area (Å²) in [6.07, 6.45) is 0. The molecule has 0 bridgehead atoms. The minimum Gasteiger partial charge on any atom is -0.476 e. The van der Waals surface area contributed by atoms with E-state index in [0.717, 1.165) is 7.11 Å². The number of esters is 1. The number of ether oxygens (including phenoxy) is 1. The van der Waals surface area contributed by atoms with Gasteiger partial charge in [0.25, 0.3) is 0 Å². The molecular formula is C9H13N3O6S. The van der Waals surface area contributed by atoms with Crippen LogP contribution in [0, 0.1) is 6.92 Å². The number of nitrogens with one attached hydrogen (secondary N) is 2. The lowest BCUT2D eigenvalue weighted by molar-refractivity contribution is -0.142. The van der Waals surface area contributed by atoms with Crippen molar-refractivity contribution in [3.63, 3.8) is 0 Å². The highest BCUT2D eigenvalue weighted by Crippen LogP contribution is 2.17. The van der Waals surface area contributed by atoms with Crippen LogP contribution in [0.5, 0.6) is 0 Å². The molecule has 106 valence electrons. The summed E-state index contributed by atoms with van der Waals surface area (Å²) in [5, 5.41) is 14.5. The Morgan fingerprint density at radius 3 is 2.53 bits per heavy atom. The molecule has 1 atom stereocenters. The van der Waals surface area contributed by atoms with E-state index in [0.29, 0.717) is 0 Å². The summed E-state index contributed by atoms with van der Waals surface area (Å²) in [4.78, 5) is 21.6. The van der Waals surface area contributed by atoms with E-state index < -0.39 is 38.6 Å². The molecule has 19 heavy (non-hydrogen) atoms. The summed E-state index contributed by atoms with van der Waals surface area (Å²) in [6, 6.07) is -1.15. The number of H-pyrrole nitrogens is 1. The van der Waals surface area contributed by atoms with E-state index in [1.807, 2.05) is 4.72 Å². The molecule has 0 aromatic carbocycles. The van der Waals surface area contributed by atoms with Crippen LogP contribution in [0.25, 0.3) is 0 Å². The first-order valence-electron chi connectivity index (χ1n) is 5.09. The number of methoxy groups -OCH3 is 1. The van der Waals surface area contributed by atoms with Gasteiger partial charge in [0.15, 0.2) is 5.69 Å². The number of carbonyl (C=O) groups excluding carboxylic acids is 1. The molecule has 10 heteroatoms. The van der Waals surface area contributed by atoms with Gasteiger partial charge >= 0.3 is 11.9 Å². The SMILES string of the molecule is COC(=O)[C@H](C)NS(=O)(=O)c1c(C(=O)O)n[nH]c1C. The van der Waals surface area contributed by atoms with E-state index in [1.165, 1.54) is 13.8 Å². The van der Waals surface area contributed by atoms with Crippen molar-refractivity contribution in [1.29, 1.82) is 0 Å². The average molecular weight is 291 g/mol. The second-order valence-corrected chi connectivity index (χ2v) is 5.35. The molecule has 0 saturated carbocycles. The van der Waals surface area contributed by atoms with E-state index in [-0.39, 0.29) is 5.69 Å². The van der Waals surface area contributed by atoms with Gasteiger partial charge in [-0.05, 0) is 13.8 Å². The fourth-order valence-electron chi connectivity index (χ4n) is 1.41. The number of carboxylic acid groups (broad SMARTS) is 1. The summed E-state index contributed by atoms with van der Waals surface area (Å²) < 4.78 is 30.5. The molecule has 0 fully saturated rings. The largest absolute Gasteiger partial charge is 0.476 e. The highest BCUT2D eigenvalue weighted by atomic mass is 32.2. The lowest BCUT2D eigenvalue weighted by atomic mass is 10.4. The zero-order chi connectivity index (χ0) is 14.8. The molecule has 9 nitrogen and oxygen atoms in total. The van der Waals surface area contributed by atoms with E-state index in [2.05, 4.69) is 14.9 Å². The zero-order valence-electron chi connectivity index (χ0n) is 10.4. The van der Waals surface area contributed by atoms with Crippen LogP contribution in [0.2, 0.25) is 0 Å². The number of nitrogens with zero attached hydrogens (tertiary/aromatic N) is 1. The van der Waals surface area contributed by atoms with Gasteiger partial charge in [-0.25, -0.2) is 13.2 Å². The Labute approximate surface area is 109 Å². The standard InChI is InChI=1S/C9H13N3O6S/c1-4-7(6(8(13)14)11-10-4)19(16,17)12-5(2)9(15)18-3/h5,12H,1-3H3,(H,10,11)(H,13,14)/t5-/m0/s1. The number of rotatable bonds is 5. The monoisotopic (exact) mass is 291 g/mol. The first kappa shape index (κ1) is 15.1.